The molecule has 1 aromatic rings. The Hall–Kier alpha value is -1.57. The van der Waals surface area contributed by atoms with E-state index >= 15 is 0 Å². The van der Waals surface area contributed by atoms with Crippen LogP contribution in [0.15, 0.2) is 12.4 Å². The predicted octanol–water partition coefficient (Wildman–Crippen LogP) is 2.11. The van der Waals surface area contributed by atoms with Crippen molar-refractivity contribution in [3.8, 4) is 0 Å². The van der Waals surface area contributed by atoms with Crippen LogP contribution in [0.2, 0.25) is 0 Å². The molecule has 2 N–H and O–H groups in total. The van der Waals surface area contributed by atoms with E-state index in [1.165, 1.54) is 19.4 Å². The quantitative estimate of drug-likeness (QED) is 0.859. The van der Waals surface area contributed by atoms with E-state index in [9.17, 15) is 23.1 Å². The van der Waals surface area contributed by atoms with Crippen molar-refractivity contribution in [3.63, 3.8) is 0 Å². The lowest BCUT2D eigenvalue weighted by Crippen LogP contribution is -2.46. The summed E-state index contributed by atoms with van der Waals surface area (Å²) in [6.45, 7) is -0.238. The molecular formula is C16H22F3N3O2. The molecule has 2 aliphatic rings. The van der Waals surface area contributed by atoms with E-state index in [0.29, 0.717) is 11.8 Å². The monoisotopic (exact) mass is 345 g/mol. The van der Waals surface area contributed by atoms with Crippen LogP contribution >= 0.6 is 0 Å². The molecule has 134 valence electrons. The Morgan fingerprint density at radius 1 is 1.38 bits per heavy atom. The highest BCUT2D eigenvalue weighted by Gasteiger charge is 2.58. The molecule has 3 rings (SSSR count). The maximum absolute atomic E-state index is 13.4. The Labute approximate surface area is 138 Å². The lowest BCUT2D eigenvalue weighted by molar-refractivity contribution is -0.272. The lowest BCUT2D eigenvalue weighted by Gasteiger charge is -2.30. The third-order valence-electron chi connectivity index (χ3n) is 5.41. The van der Waals surface area contributed by atoms with Gasteiger partial charge < -0.3 is 15.0 Å². The van der Waals surface area contributed by atoms with Crippen molar-refractivity contribution in [2.45, 2.75) is 43.9 Å². The number of hydrogen-bond acceptors (Lipinski definition) is 3. The molecule has 2 saturated carbocycles. The summed E-state index contributed by atoms with van der Waals surface area (Å²) < 4.78 is 41.2. The minimum absolute atomic E-state index is 0.0559. The number of amides is 1. The van der Waals surface area contributed by atoms with E-state index in [0.717, 1.165) is 30.3 Å². The number of fused-ring (bicyclic) bond motifs is 1. The van der Waals surface area contributed by atoms with Crippen molar-refractivity contribution in [1.82, 2.24) is 14.9 Å². The molecule has 1 heterocycles. The van der Waals surface area contributed by atoms with Crippen LogP contribution < -0.4 is 5.32 Å². The molecule has 5 nitrogen and oxygen atoms in total. The number of nitrogens with one attached hydrogen (secondary N) is 1. The number of carbonyl (C=O) groups is 1. The molecule has 1 amide bonds. The number of halogens is 3. The Morgan fingerprint density at radius 3 is 2.50 bits per heavy atom. The molecule has 8 heteroatoms. The van der Waals surface area contributed by atoms with Gasteiger partial charge in [0.05, 0.1) is 0 Å². The summed E-state index contributed by atoms with van der Waals surface area (Å²) in [7, 11) is 1.40. The van der Waals surface area contributed by atoms with Gasteiger partial charge in [-0.3, -0.25) is 4.79 Å². The fourth-order valence-corrected chi connectivity index (χ4v) is 4.01. The predicted molar refractivity (Wildman–Crippen MR) is 79.7 cm³/mol. The molecule has 0 aromatic carbocycles. The summed E-state index contributed by atoms with van der Waals surface area (Å²) >= 11 is 0. The average Bonchev–Trinajstić information content (AvgIpc) is 3.09. The highest BCUT2D eigenvalue weighted by Crippen LogP contribution is 2.55. The number of rotatable bonds is 5. The standard InChI is InChI=1S/C16H22F3N3O2/c1-22-9-8-21-14(22)15(24,16(17,18)19)6-7-20-13(23)12-10-4-2-3-5-11(10)12/h8-12,24H,2-7H2,1H3,(H,20,23). The molecular weight excluding hydrogens is 323 g/mol. The van der Waals surface area contributed by atoms with E-state index in [1.54, 1.807) is 0 Å². The maximum Gasteiger partial charge on any atom is 0.424 e. The molecule has 0 spiro atoms. The van der Waals surface area contributed by atoms with Gasteiger partial charge in [-0.2, -0.15) is 13.2 Å². The Balaban J connectivity index is 1.61. The zero-order chi connectivity index (χ0) is 17.5. The van der Waals surface area contributed by atoms with Crippen LogP contribution in [0, 0.1) is 17.8 Å². The zero-order valence-electron chi connectivity index (χ0n) is 13.5. The van der Waals surface area contributed by atoms with Crippen molar-refractivity contribution >= 4 is 5.91 Å². The summed E-state index contributed by atoms with van der Waals surface area (Å²) in [5, 5.41) is 12.8. The maximum atomic E-state index is 13.4. The first-order chi connectivity index (χ1) is 11.3. The molecule has 3 atom stereocenters. The van der Waals surface area contributed by atoms with Gasteiger partial charge in [0.25, 0.3) is 0 Å². The molecule has 0 saturated heterocycles. The molecule has 3 unspecified atom stereocenters. The minimum Gasteiger partial charge on any atom is -0.374 e. The molecule has 2 fully saturated rings. The number of imidazole rings is 1. The van der Waals surface area contributed by atoms with Gasteiger partial charge in [0.1, 0.15) is 5.82 Å². The topological polar surface area (TPSA) is 67.2 Å². The van der Waals surface area contributed by atoms with Gasteiger partial charge in [-0.15, -0.1) is 0 Å². The Bertz CT molecular complexity index is 604. The first-order valence-electron chi connectivity index (χ1n) is 8.30. The summed E-state index contributed by atoms with van der Waals surface area (Å²) in [6, 6.07) is 0. The normalized spacial score (nSPS) is 28.8. The van der Waals surface area contributed by atoms with Crippen molar-refractivity contribution < 1.29 is 23.1 Å². The van der Waals surface area contributed by atoms with Gasteiger partial charge in [-0.05, 0) is 24.7 Å². The second kappa shape index (κ2) is 6.06. The van der Waals surface area contributed by atoms with Crippen LogP contribution in [-0.2, 0) is 17.4 Å². The SMILES string of the molecule is Cn1ccnc1C(O)(CCNC(=O)C1C2CCCCC21)C(F)(F)F. The molecule has 0 aliphatic heterocycles. The van der Waals surface area contributed by atoms with Crippen molar-refractivity contribution in [2.75, 3.05) is 6.54 Å². The third kappa shape index (κ3) is 2.92. The van der Waals surface area contributed by atoms with Crippen LogP contribution in [0.1, 0.15) is 37.9 Å². The molecule has 24 heavy (non-hydrogen) atoms. The highest BCUT2D eigenvalue weighted by atomic mass is 19.4. The summed E-state index contributed by atoms with van der Waals surface area (Å²) in [5.74, 6) is 0.0878. The molecule has 2 aliphatic carbocycles. The van der Waals surface area contributed by atoms with Gasteiger partial charge in [0.2, 0.25) is 11.5 Å². The van der Waals surface area contributed by atoms with E-state index in [1.807, 2.05) is 0 Å². The number of carbonyl (C=O) groups excluding carboxylic acids is 1. The summed E-state index contributed by atoms with van der Waals surface area (Å²) in [5.41, 5.74) is -3.07. The molecule has 0 bridgehead atoms. The van der Waals surface area contributed by atoms with Crippen molar-refractivity contribution in [1.29, 1.82) is 0 Å². The molecule has 1 aromatic heterocycles. The number of nitrogens with zero attached hydrogens (tertiary/aromatic N) is 2. The smallest absolute Gasteiger partial charge is 0.374 e. The van der Waals surface area contributed by atoms with Crippen LogP contribution in [0.3, 0.4) is 0 Å². The second-order valence-electron chi connectivity index (χ2n) is 6.90. The Morgan fingerprint density at radius 2 is 2.00 bits per heavy atom. The fraction of sp³-hybridized carbons (Fsp3) is 0.750. The van der Waals surface area contributed by atoms with E-state index in [-0.39, 0.29) is 18.4 Å². The van der Waals surface area contributed by atoms with Gasteiger partial charge in [0, 0.05) is 38.3 Å². The number of aromatic nitrogens is 2. The largest absolute Gasteiger partial charge is 0.424 e. The van der Waals surface area contributed by atoms with Crippen LogP contribution in [0.5, 0.6) is 0 Å². The van der Waals surface area contributed by atoms with Crippen LogP contribution in [0.25, 0.3) is 0 Å². The Kier molecular flexibility index (Phi) is 4.36. The van der Waals surface area contributed by atoms with Crippen LogP contribution in [-0.4, -0.2) is 33.3 Å². The van der Waals surface area contributed by atoms with Gasteiger partial charge >= 0.3 is 6.18 Å². The van der Waals surface area contributed by atoms with Gasteiger partial charge in [-0.25, -0.2) is 4.98 Å². The van der Waals surface area contributed by atoms with E-state index < -0.39 is 24.0 Å². The first kappa shape index (κ1) is 17.3. The number of aryl methyl sites for hydroxylation is 1. The van der Waals surface area contributed by atoms with Gasteiger partial charge in [-0.1, -0.05) is 12.8 Å². The number of aliphatic hydroxyl groups is 1. The molecule has 0 radical (unpaired) electrons. The van der Waals surface area contributed by atoms with E-state index in [4.69, 9.17) is 0 Å². The first-order valence-corrected chi connectivity index (χ1v) is 8.30. The highest BCUT2D eigenvalue weighted by molar-refractivity contribution is 5.82. The van der Waals surface area contributed by atoms with Crippen LogP contribution in [0.4, 0.5) is 13.2 Å². The number of hydrogen-bond donors (Lipinski definition) is 2. The summed E-state index contributed by atoms with van der Waals surface area (Å²) in [6.07, 6.45) is 1.33. The van der Waals surface area contributed by atoms with E-state index in [2.05, 4.69) is 10.3 Å². The average molecular weight is 345 g/mol. The zero-order valence-corrected chi connectivity index (χ0v) is 13.5. The fourth-order valence-electron chi connectivity index (χ4n) is 4.01. The second-order valence-corrected chi connectivity index (χ2v) is 6.90. The van der Waals surface area contributed by atoms with Crippen molar-refractivity contribution in [2.24, 2.45) is 24.8 Å². The minimum atomic E-state index is -4.87. The number of alkyl halides is 3. The lowest BCUT2D eigenvalue weighted by atomic mass is 9.97. The summed E-state index contributed by atoms with van der Waals surface area (Å²) in [4.78, 5) is 15.8. The van der Waals surface area contributed by atoms with Gasteiger partial charge in [0.15, 0.2) is 0 Å². The third-order valence-corrected chi connectivity index (χ3v) is 5.41. The van der Waals surface area contributed by atoms with Crippen molar-refractivity contribution in [3.05, 3.63) is 18.2 Å².